The highest BCUT2D eigenvalue weighted by atomic mass is 35.5. The van der Waals surface area contributed by atoms with Crippen LogP contribution in [0.2, 0.25) is 5.02 Å². The quantitative estimate of drug-likeness (QED) is 0.604. The Bertz CT molecular complexity index is 719. The molecule has 1 atom stereocenters. The zero-order chi connectivity index (χ0) is 14.1. The van der Waals surface area contributed by atoms with E-state index >= 15 is 0 Å². The Kier molecular flexibility index (Phi) is 3.83. The minimum Gasteiger partial charge on any atom is -0.241 e. The molecular formula is C15H12Cl2N2S. The minimum atomic E-state index is -0.265. The zero-order valence-electron chi connectivity index (χ0n) is 10.8. The van der Waals surface area contributed by atoms with Crippen molar-refractivity contribution in [1.82, 2.24) is 9.78 Å². The third-order valence-electron chi connectivity index (χ3n) is 3.07. The van der Waals surface area contributed by atoms with Gasteiger partial charge in [0.2, 0.25) is 0 Å². The lowest BCUT2D eigenvalue weighted by Crippen LogP contribution is -1.93. The van der Waals surface area contributed by atoms with Gasteiger partial charge in [0.1, 0.15) is 0 Å². The first-order valence-electron chi connectivity index (χ1n) is 6.14. The maximum Gasteiger partial charge on any atom is 0.0973 e. The number of benzene rings is 1. The van der Waals surface area contributed by atoms with Gasteiger partial charge >= 0.3 is 0 Å². The summed E-state index contributed by atoms with van der Waals surface area (Å²) in [6.07, 6.45) is 3.73. The summed E-state index contributed by atoms with van der Waals surface area (Å²) in [5, 5.41) is 6.87. The molecule has 2 nitrogen and oxygen atoms in total. The maximum atomic E-state index is 6.52. The lowest BCUT2D eigenvalue weighted by atomic mass is 10.2. The normalized spacial score (nSPS) is 12.6. The van der Waals surface area contributed by atoms with Gasteiger partial charge < -0.3 is 0 Å². The van der Waals surface area contributed by atoms with Crippen LogP contribution in [0, 0.1) is 6.92 Å². The fraction of sp³-hybridized carbons (Fsp3) is 0.133. The molecule has 1 aromatic carbocycles. The van der Waals surface area contributed by atoms with E-state index in [2.05, 4.69) is 5.10 Å². The second kappa shape index (κ2) is 5.60. The fourth-order valence-corrected chi connectivity index (χ4v) is 3.70. The van der Waals surface area contributed by atoms with E-state index in [-0.39, 0.29) is 5.38 Å². The summed E-state index contributed by atoms with van der Waals surface area (Å²) in [6, 6.07) is 9.94. The first-order valence-corrected chi connectivity index (χ1v) is 7.84. The van der Waals surface area contributed by atoms with Crippen LogP contribution < -0.4 is 0 Å². The Balaban J connectivity index is 1.92. The van der Waals surface area contributed by atoms with Gasteiger partial charge in [-0.25, -0.2) is 4.68 Å². The van der Waals surface area contributed by atoms with Gasteiger partial charge in [-0.15, -0.1) is 22.9 Å². The highest BCUT2D eigenvalue weighted by molar-refractivity contribution is 7.11. The lowest BCUT2D eigenvalue weighted by Gasteiger charge is -2.05. The number of alkyl halides is 1. The largest absolute Gasteiger partial charge is 0.241 e. The van der Waals surface area contributed by atoms with E-state index < -0.39 is 0 Å². The predicted octanol–water partition coefficient (Wildman–Crippen LogP) is 5.22. The number of thiophene rings is 1. The van der Waals surface area contributed by atoms with Crippen molar-refractivity contribution >= 4 is 34.5 Å². The smallest absolute Gasteiger partial charge is 0.0973 e. The summed E-state index contributed by atoms with van der Waals surface area (Å²) < 4.78 is 1.82. The number of para-hydroxylation sites is 1. The average Bonchev–Trinajstić information content (AvgIpc) is 3.08. The third kappa shape index (κ3) is 2.49. The van der Waals surface area contributed by atoms with Gasteiger partial charge in [-0.3, -0.25) is 0 Å². The van der Waals surface area contributed by atoms with Gasteiger partial charge in [0, 0.05) is 16.6 Å². The van der Waals surface area contributed by atoms with Crippen LogP contribution in [0.4, 0.5) is 0 Å². The molecule has 2 aromatic heterocycles. The van der Waals surface area contributed by atoms with Crippen LogP contribution in [0.5, 0.6) is 0 Å². The van der Waals surface area contributed by atoms with Gasteiger partial charge in [0.15, 0.2) is 0 Å². The molecule has 0 aliphatic heterocycles. The molecule has 5 heteroatoms. The molecule has 0 amide bonds. The Morgan fingerprint density at radius 2 is 2.00 bits per heavy atom. The summed E-state index contributed by atoms with van der Waals surface area (Å²) in [5.74, 6) is 0. The van der Waals surface area contributed by atoms with Gasteiger partial charge in [0.25, 0.3) is 0 Å². The molecule has 0 spiro atoms. The van der Waals surface area contributed by atoms with Crippen molar-refractivity contribution in [3.05, 3.63) is 69.1 Å². The Morgan fingerprint density at radius 1 is 1.25 bits per heavy atom. The van der Waals surface area contributed by atoms with Crippen LogP contribution in [0.25, 0.3) is 5.69 Å². The highest BCUT2D eigenvalue weighted by Crippen LogP contribution is 2.39. The molecule has 0 fully saturated rings. The van der Waals surface area contributed by atoms with E-state index in [1.165, 1.54) is 0 Å². The zero-order valence-corrected chi connectivity index (χ0v) is 13.1. The number of aryl methyl sites for hydroxylation is 1. The van der Waals surface area contributed by atoms with E-state index in [0.717, 1.165) is 26.7 Å². The number of aromatic nitrogens is 2. The van der Waals surface area contributed by atoms with Crippen molar-refractivity contribution in [2.45, 2.75) is 12.3 Å². The molecule has 102 valence electrons. The molecule has 3 aromatic rings. The summed E-state index contributed by atoms with van der Waals surface area (Å²) in [7, 11) is 0. The molecule has 0 N–H and O–H groups in total. The summed E-state index contributed by atoms with van der Waals surface area (Å²) in [4.78, 5) is 0.971. The van der Waals surface area contributed by atoms with Crippen molar-refractivity contribution in [3.63, 3.8) is 0 Å². The van der Waals surface area contributed by atoms with Crippen molar-refractivity contribution in [3.8, 4) is 5.69 Å². The maximum absolute atomic E-state index is 6.52. The topological polar surface area (TPSA) is 17.8 Å². The molecule has 20 heavy (non-hydrogen) atoms. The number of nitrogens with zero attached hydrogens (tertiary/aromatic N) is 2. The van der Waals surface area contributed by atoms with Crippen molar-refractivity contribution in [1.29, 1.82) is 0 Å². The Labute approximate surface area is 131 Å². The molecule has 0 saturated carbocycles. The SMILES string of the molecule is Cc1csc(C(Cl)c2cnn(-c3ccccc3)c2)c1Cl. The van der Waals surface area contributed by atoms with E-state index in [9.17, 15) is 0 Å². The van der Waals surface area contributed by atoms with Gasteiger partial charge in [-0.1, -0.05) is 29.8 Å². The van der Waals surface area contributed by atoms with Crippen LogP contribution >= 0.6 is 34.5 Å². The Hall–Kier alpha value is -1.29. The third-order valence-corrected chi connectivity index (χ3v) is 5.45. The first-order chi connectivity index (χ1) is 9.66. The van der Waals surface area contributed by atoms with E-state index in [4.69, 9.17) is 23.2 Å². The summed E-state index contributed by atoms with van der Waals surface area (Å²) >= 11 is 14.4. The predicted molar refractivity (Wildman–Crippen MR) is 85.3 cm³/mol. The van der Waals surface area contributed by atoms with Crippen LogP contribution in [-0.2, 0) is 0 Å². The van der Waals surface area contributed by atoms with E-state index in [0.29, 0.717) is 0 Å². The minimum absolute atomic E-state index is 0.265. The standard InChI is InChI=1S/C15H12Cl2N2S/c1-10-9-20-15(13(10)16)14(17)11-7-18-19(8-11)12-5-3-2-4-6-12/h2-9,14H,1H3. The van der Waals surface area contributed by atoms with Crippen LogP contribution in [0.3, 0.4) is 0 Å². The van der Waals surface area contributed by atoms with Crippen molar-refractivity contribution in [2.75, 3.05) is 0 Å². The molecule has 1 unspecified atom stereocenters. The van der Waals surface area contributed by atoms with Gasteiger partial charge in [-0.05, 0) is 30.0 Å². The second-order valence-electron chi connectivity index (χ2n) is 4.51. The number of hydrogen-bond donors (Lipinski definition) is 0. The lowest BCUT2D eigenvalue weighted by molar-refractivity contribution is 0.880. The molecule has 2 heterocycles. The van der Waals surface area contributed by atoms with Crippen molar-refractivity contribution < 1.29 is 0 Å². The number of halogens is 2. The van der Waals surface area contributed by atoms with Crippen LogP contribution in [-0.4, -0.2) is 9.78 Å². The molecule has 0 aliphatic carbocycles. The van der Waals surface area contributed by atoms with E-state index in [1.807, 2.05) is 53.5 Å². The first kappa shape index (κ1) is 13.7. The van der Waals surface area contributed by atoms with Crippen LogP contribution in [0.15, 0.2) is 48.1 Å². The van der Waals surface area contributed by atoms with E-state index in [1.54, 1.807) is 17.5 Å². The summed E-state index contributed by atoms with van der Waals surface area (Å²) in [5.41, 5.74) is 3.02. The number of hydrogen-bond acceptors (Lipinski definition) is 2. The second-order valence-corrected chi connectivity index (χ2v) is 6.24. The monoisotopic (exact) mass is 322 g/mol. The van der Waals surface area contributed by atoms with Gasteiger partial charge in [-0.2, -0.15) is 5.10 Å². The molecule has 0 radical (unpaired) electrons. The van der Waals surface area contributed by atoms with Crippen LogP contribution in [0.1, 0.15) is 21.4 Å². The molecule has 0 aliphatic rings. The molecule has 0 saturated heterocycles. The molecular weight excluding hydrogens is 311 g/mol. The fourth-order valence-electron chi connectivity index (χ4n) is 1.96. The van der Waals surface area contributed by atoms with Gasteiger partial charge in [0.05, 0.1) is 22.3 Å². The Morgan fingerprint density at radius 3 is 2.65 bits per heavy atom. The average molecular weight is 323 g/mol. The summed E-state index contributed by atoms with van der Waals surface area (Å²) in [6.45, 7) is 1.99. The molecule has 3 rings (SSSR count). The van der Waals surface area contributed by atoms with Crippen molar-refractivity contribution in [2.24, 2.45) is 0 Å². The molecule has 0 bridgehead atoms. The number of rotatable bonds is 3. The highest BCUT2D eigenvalue weighted by Gasteiger charge is 2.19.